The van der Waals surface area contributed by atoms with Gasteiger partial charge in [-0.3, -0.25) is 0 Å². The Kier molecular flexibility index (Phi) is 3.67. The van der Waals surface area contributed by atoms with Crippen LogP contribution in [0.1, 0.15) is 0 Å². The van der Waals surface area contributed by atoms with Crippen molar-refractivity contribution < 1.29 is 9.50 Å². The summed E-state index contributed by atoms with van der Waals surface area (Å²) in [5.74, 6) is -0.312. The van der Waals surface area contributed by atoms with Crippen molar-refractivity contribution in [3.05, 3.63) is 30.1 Å². The minimum Gasteiger partial charge on any atom is -0.395 e. The maximum Gasteiger partial charge on any atom is 0.146 e. The molecule has 1 aromatic rings. The fraction of sp³-hybridized carbons (Fsp3) is 0.333. The van der Waals surface area contributed by atoms with Crippen molar-refractivity contribution in [3.63, 3.8) is 0 Å². The summed E-state index contributed by atoms with van der Waals surface area (Å²) in [6.07, 6.45) is 0. The van der Waals surface area contributed by atoms with Crippen molar-refractivity contribution in [2.75, 3.05) is 18.5 Å². The van der Waals surface area contributed by atoms with Crippen LogP contribution in [0.15, 0.2) is 24.3 Å². The Bertz CT molecular complexity index is 268. The van der Waals surface area contributed by atoms with Crippen LogP contribution in [0.5, 0.6) is 0 Å². The highest BCUT2D eigenvalue weighted by atomic mass is 19.1. The Labute approximate surface area is 76.4 Å². The molecule has 0 saturated carbocycles. The number of hydrogen-bond donors (Lipinski definition) is 3. The molecule has 0 bridgehead atoms. The summed E-state index contributed by atoms with van der Waals surface area (Å²) < 4.78 is 13.0. The molecule has 0 aromatic heterocycles. The van der Waals surface area contributed by atoms with Crippen LogP contribution in [-0.4, -0.2) is 24.3 Å². The van der Waals surface area contributed by atoms with Gasteiger partial charge in [0.05, 0.1) is 12.3 Å². The quantitative estimate of drug-likeness (QED) is 0.640. The van der Waals surface area contributed by atoms with Crippen molar-refractivity contribution in [2.24, 2.45) is 5.73 Å². The summed E-state index contributed by atoms with van der Waals surface area (Å²) in [5, 5.41) is 11.4. The van der Waals surface area contributed by atoms with E-state index < -0.39 is 0 Å². The number of benzene rings is 1. The second-order valence-electron chi connectivity index (χ2n) is 2.80. The third-order valence-electron chi connectivity index (χ3n) is 1.66. The topological polar surface area (TPSA) is 58.3 Å². The van der Waals surface area contributed by atoms with E-state index in [1.54, 1.807) is 18.2 Å². The van der Waals surface area contributed by atoms with Crippen LogP contribution in [0, 0.1) is 5.82 Å². The molecule has 72 valence electrons. The molecule has 0 aliphatic heterocycles. The molecule has 0 spiro atoms. The molecule has 0 heterocycles. The molecule has 1 atom stereocenters. The third-order valence-corrected chi connectivity index (χ3v) is 1.66. The molecular formula is C9H13FN2O. The predicted octanol–water partition coefficient (Wildman–Crippen LogP) is 0.557. The van der Waals surface area contributed by atoms with E-state index in [4.69, 9.17) is 10.8 Å². The minimum absolute atomic E-state index is 0.110. The summed E-state index contributed by atoms with van der Waals surface area (Å²) in [6.45, 7) is 0.249. The summed E-state index contributed by atoms with van der Waals surface area (Å²) in [6, 6.07) is 5.98. The van der Waals surface area contributed by atoms with Gasteiger partial charge in [-0.15, -0.1) is 0 Å². The van der Waals surface area contributed by atoms with Crippen LogP contribution in [-0.2, 0) is 0 Å². The van der Waals surface area contributed by atoms with Crippen LogP contribution >= 0.6 is 0 Å². The number of hydrogen-bond acceptors (Lipinski definition) is 3. The van der Waals surface area contributed by atoms with Gasteiger partial charge in [-0.2, -0.15) is 0 Å². The van der Waals surface area contributed by atoms with E-state index in [0.717, 1.165) is 0 Å². The highest BCUT2D eigenvalue weighted by Gasteiger charge is 2.02. The van der Waals surface area contributed by atoms with E-state index >= 15 is 0 Å². The van der Waals surface area contributed by atoms with E-state index in [2.05, 4.69) is 5.32 Å². The lowest BCUT2D eigenvalue weighted by Crippen LogP contribution is -2.32. The second-order valence-corrected chi connectivity index (χ2v) is 2.80. The maximum absolute atomic E-state index is 13.0. The molecule has 1 rings (SSSR count). The van der Waals surface area contributed by atoms with Crippen molar-refractivity contribution in [1.29, 1.82) is 0 Å². The molecule has 0 amide bonds. The number of para-hydroxylation sites is 1. The van der Waals surface area contributed by atoms with Gasteiger partial charge in [-0.05, 0) is 12.1 Å². The largest absolute Gasteiger partial charge is 0.395 e. The average Bonchev–Trinajstić information content (AvgIpc) is 2.16. The molecule has 4 heteroatoms. The molecule has 1 aromatic carbocycles. The fourth-order valence-electron chi connectivity index (χ4n) is 0.910. The number of nitrogens with two attached hydrogens (primary N) is 1. The Morgan fingerprint density at radius 1 is 1.46 bits per heavy atom. The maximum atomic E-state index is 13.0. The summed E-state index contributed by atoms with van der Waals surface area (Å²) in [5.41, 5.74) is 5.84. The third kappa shape index (κ3) is 3.01. The number of aliphatic hydroxyl groups is 1. The van der Waals surface area contributed by atoms with Crippen molar-refractivity contribution >= 4 is 5.69 Å². The van der Waals surface area contributed by atoms with Crippen LogP contribution in [0.25, 0.3) is 0 Å². The number of nitrogens with one attached hydrogen (secondary N) is 1. The van der Waals surface area contributed by atoms with Crippen LogP contribution in [0.2, 0.25) is 0 Å². The average molecular weight is 184 g/mol. The minimum atomic E-state index is -0.361. The lowest BCUT2D eigenvalue weighted by Gasteiger charge is -2.11. The first-order valence-corrected chi connectivity index (χ1v) is 4.09. The molecular weight excluding hydrogens is 171 g/mol. The van der Waals surface area contributed by atoms with Gasteiger partial charge < -0.3 is 16.2 Å². The molecule has 0 saturated heterocycles. The molecule has 13 heavy (non-hydrogen) atoms. The summed E-state index contributed by atoms with van der Waals surface area (Å²) >= 11 is 0. The van der Waals surface area contributed by atoms with Gasteiger partial charge in [0.1, 0.15) is 5.82 Å². The van der Waals surface area contributed by atoms with Gasteiger partial charge in [0, 0.05) is 12.6 Å². The lowest BCUT2D eigenvalue weighted by atomic mass is 10.3. The first kappa shape index (κ1) is 9.95. The van der Waals surface area contributed by atoms with Crippen LogP contribution in [0.4, 0.5) is 10.1 Å². The zero-order valence-electron chi connectivity index (χ0n) is 7.20. The Hall–Kier alpha value is -1.13. The molecule has 0 aliphatic carbocycles. The summed E-state index contributed by atoms with van der Waals surface area (Å²) in [4.78, 5) is 0. The van der Waals surface area contributed by atoms with E-state index in [-0.39, 0.29) is 18.5 Å². The standard InChI is InChI=1S/C9H13FN2O/c10-8-3-1-2-4-9(8)12-5-7(11)6-13/h1-4,7,12-13H,5-6,11H2. The van der Waals surface area contributed by atoms with Gasteiger partial charge in [0.25, 0.3) is 0 Å². The normalized spacial score (nSPS) is 12.5. The number of aliphatic hydroxyl groups excluding tert-OH is 1. The SMILES string of the molecule is NC(CO)CNc1ccccc1F. The first-order chi connectivity index (χ1) is 6.24. The molecule has 0 aliphatic rings. The Morgan fingerprint density at radius 2 is 2.15 bits per heavy atom. The molecule has 3 nitrogen and oxygen atoms in total. The molecule has 0 radical (unpaired) electrons. The molecule has 1 unspecified atom stereocenters. The smallest absolute Gasteiger partial charge is 0.146 e. The van der Waals surface area contributed by atoms with Gasteiger partial charge in [0.15, 0.2) is 0 Å². The van der Waals surface area contributed by atoms with Gasteiger partial charge in [-0.1, -0.05) is 12.1 Å². The number of halogens is 1. The van der Waals surface area contributed by atoms with Crippen LogP contribution in [0.3, 0.4) is 0 Å². The summed E-state index contributed by atoms with van der Waals surface area (Å²) in [7, 11) is 0. The monoisotopic (exact) mass is 184 g/mol. The zero-order chi connectivity index (χ0) is 9.68. The van der Waals surface area contributed by atoms with Gasteiger partial charge in [-0.25, -0.2) is 4.39 Å². The number of anilines is 1. The van der Waals surface area contributed by atoms with Crippen molar-refractivity contribution in [3.8, 4) is 0 Å². The van der Waals surface area contributed by atoms with Gasteiger partial charge >= 0.3 is 0 Å². The van der Waals surface area contributed by atoms with E-state index in [1.165, 1.54) is 6.07 Å². The fourth-order valence-corrected chi connectivity index (χ4v) is 0.910. The Balaban J connectivity index is 2.50. The predicted molar refractivity (Wildman–Crippen MR) is 50.0 cm³/mol. The Morgan fingerprint density at radius 3 is 2.77 bits per heavy atom. The first-order valence-electron chi connectivity index (χ1n) is 4.09. The van der Waals surface area contributed by atoms with Gasteiger partial charge in [0.2, 0.25) is 0 Å². The highest BCUT2D eigenvalue weighted by Crippen LogP contribution is 2.11. The van der Waals surface area contributed by atoms with E-state index in [9.17, 15) is 4.39 Å². The van der Waals surface area contributed by atoms with E-state index in [1.807, 2.05) is 0 Å². The highest BCUT2D eigenvalue weighted by molar-refractivity contribution is 5.44. The lowest BCUT2D eigenvalue weighted by molar-refractivity contribution is 0.270. The molecule has 4 N–H and O–H groups in total. The van der Waals surface area contributed by atoms with Crippen molar-refractivity contribution in [1.82, 2.24) is 0 Å². The number of rotatable bonds is 4. The second kappa shape index (κ2) is 4.79. The zero-order valence-corrected chi connectivity index (χ0v) is 7.20. The van der Waals surface area contributed by atoms with E-state index in [0.29, 0.717) is 12.2 Å². The van der Waals surface area contributed by atoms with Crippen molar-refractivity contribution in [2.45, 2.75) is 6.04 Å². The molecule has 0 fully saturated rings. The van der Waals surface area contributed by atoms with Crippen LogP contribution < -0.4 is 11.1 Å².